The number of nitrogens with zero attached hydrogens (tertiary/aromatic N) is 1. The van der Waals surface area contributed by atoms with Gasteiger partial charge in [0.05, 0.1) is 6.54 Å². The molecule has 22 heavy (non-hydrogen) atoms. The molecule has 0 unspecified atom stereocenters. The van der Waals surface area contributed by atoms with Gasteiger partial charge in [0.2, 0.25) is 0 Å². The molecule has 0 atom stereocenters. The van der Waals surface area contributed by atoms with Gasteiger partial charge in [-0.05, 0) is 24.6 Å². The van der Waals surface area contributed by atoms with E-state index < -0.39 is 5.91 Å². The summed E-state index contributed by atoms with van der Waals surface area (Å²) >= 11 is 0. The largest absolute Gasteiger partial charge is 0.454 e. The standard InChI is InChI=1S/C16H20N4O2/c1-11-3-5-12(6-4-11)9-19-16(18-2)20-10-13-7-8-14(22-13)15(17)21/h3-8H,9-10H2,1-2H3,(H2,17,21)(H2,18,19,20). The van der Waals surface area contributed by atoms with Crippen LogP contribution in [0.2, 0.25) is 0 Å². The summed E-state index contributed by atoms with van der Waals surface area (Å²) in [7, 11) is 1.70. The van der Waals surface area contributed by atoms with E-state index in [1.54, 1.807) is 19.2 Å². The topological polar surface area (TPSA) is 92.6 Å². The Bertz CT molecular complexity index is 659. The highest BCUT2D eigenvalue weighted by molar-refractivity contribution is 5.89. The molecule has 1 aromatic heterocycles. The molecule has 1 heterocycles. The fourth-order valence-electron chi connectivity index (χ4n) is 1.89. The summed E-state index contributed by atoms with van der Waals surface area (Å²) in [6.45, 7) is 3.15. The minimum absolute atomic E-state index is 0.152. The van der Waals surface area contributed by atoms with Gasteiger partial charge in [-0.15, -0.1) is 0 Å². The van der Waals surface area contributed by atoms with E-state index in [-0.39, 0.29) is 5.76 Å². The number of nitrogens with two attached hydrogens (primary N) is 1. The van der Waals surface area contributed by atoms with E-state index in [2.05, 4.69) is 46.8 Å². The Morgan fingerprint density at radius 3 is 2.41 bits per heavy atom. The first-order valence-electron chi connectivity index (χ1n) is 6.97. The molecule has 0 saturated carbocycles. The lowest BCUT2D eigenvalue weighted by atomic mass is 10.1. The van der Waals surface area contributed by atoms with Crippen molar-refractivity contribution in [3.8, 4) is 0 Å². The minimum atomic E-state index is -0.576. The molecule has 116 valence electrons. The minimum Gasteiger partial charge on any atom is -0.454 e. The number of rotatable bonds is 5. The van der Waals surface area contributed by atoms with Gasteiger partial charge < -0.3 is 20.8 Å². The average Bonchev–Trinajstić information content (AvgIpc) is 2.98. The van der Waals surface area contributed by atoms with Crippen LogP contribution in [0, 0.1) is 6.92 Å². The third-order valence-electron chi connectivity index (χ3n) is 3.14. The molecule has 0 aliphatic heterocycles. The fourth-order valence-corrected chi connectivity index (χ4v) is 1.89. The Morgan fingerprint density at radius 1 is 1.14 bits per heavy atom. The first-order valence-corrected chi connectivity index (χ1v) is 6.97. The summed E-state index contributed by atoms with van der Waals surface area (Å²) in [6, 6.07) is 11.5. The van der Waals surface area contributed by atoms with Gasteiger partial charge in [-0.1, -0.05) is 29.8 Å². The van der Waals surface area contributed by atoms with Crippen molar-refractivity contribution < 1.29 is 9.21 Å². The first-order chi connectivity index (χ1) is 10.6. The predicted octanol–water partition coefficient (Wildman–Crippen LogP) is 1.55. The lowest BCUT2D eigenvalue weighted by Gasteiger charge is -2.11. The van der Waals surface area contributed by atoms with Crippen molar-refractivity contribution in [2.24, 2.45) is 10.7 Å². The van der Waals surface area contributed by atoms with Gasteiger partial charge in [0.25, 0.3) is 5.91 Å². The van der Waals surface area contributed by atoms with Crippen molar-refractivity contribution in [3.63, 3.8) is 0 Å². The molecule has 0 aliphatic rings. The molecule has 4 N–H and O–H groups in total. The monoisotopic (exact) mass is 300 g/mol. The van der Waals surface area contributed by atoms with E-state index in [9.17, 15) is 4.79 Å². The summed E-state index contributed by atoms with van der Waals surface area (Å²) in [5.41, 5.74) is 7.54. The highest BCUT2D eigenvalue weighted by Crippen LogP contribution is 2.06. The van der Waals surface area contributed by atoms with Crippen LogP contribution in [0.3, 0.4) is 0 Å². The average molecular weight is 300 g/mol. The molecule has 6 heteroatoms. The van der Waals surface area contributed by atoms with Crippen LogP contribution in [0.1, 0.15) is 27.4 Å². The Labute approximate surface area is 129 Å². The SMILES string of the molecule is CN=C(NCc1ccc(C)cc1)NCc1ccc(C(N)=O)o1. The number of primary amides is 1. The quantitative estimate of drug-likeness (QED) is 0.577. The van der Waals surface area contributed by atoms with Gasteiger partial charge in [-0.25, -0.2) is 0 Å². The molecule has 0 radical (unpaired) electrons. The highest BCUT2D eigenvalue weighted by atomic mass is 16.3. The number of carbonyl (C=O) groups is 1. The number of hydrogen-bond acceptors (Lipinski definition) is 3. The number of carbonyl (C=O) groups excluding carboxylic acids is 1. The highest BCUT2D eigenvalue weighted by Gasteiger charge is 2.07. The van der Waals surface area contributed by atoms with Crippen LogP contribution in [-0.2, 0) is 13.1 Å². The van der Waals surface area contributed by atoms with E-state index in [4.69, 9.17) is 10.2 Å². The molecule has 0 fully saturated rings. The summed E-state index contributed by atoms with van der Waals surface area (Å²) < 4.78 is 5.30. The maximum atomic E-state index is 11.0. The zero-order valence-electron chi connectivity index (χ0n) is 12.7. The van der Waals surface area contributed by atoms with Crippen LogP contribution in [-0.4, -0.2) is 18.9 Å². The second-order valence-corrected chi connectivity index (χ2v) is 4.90. The van der Waals surface area contributed by atoms with Gasteiger partial charge in [-0.2, -0.15) is 0 Å². The third-order valence-corrected chi connectivity index (χ3v) is 3.14. The summed E-state index contributed by atoms with van der Waals surface area (Å²) in [5, 5.41) is 6.32. The number of furan rings is 1. The fraction of sp³-hybridized carbons (Fsp3) is 0.250. The van der Waals surface area contributed by atoms with Crippen LogP contribution >= 0.6 is 0 Å². The van der Waals surface area contributed by atoms with Crippen LogP contribution in [0.25, 0.3) is 0 Å². The van der Waals surface area contributed by atoms with Crippen molar-refractivity contribution >= 4 is 11.9 Å². The Morgan fingerprint density at radius 2 is 1.82 bits per heavy atom. The lowest BCUT2D eigenvalue weighted by Crippen LogP contribution is -2.36. The van der Waals surface area contributed by atoms with Gasteiger partial charge in [0.1, 0.15) is 5.76 Å². The molecular weight excluding hydrogens is 280 g/mol. The van der Waals surface area contributed by atoms with Crippen LogP contribution in [0.4, 0.5) is 0 Å². The van der Waals surface area contributed by atoms with E-state index in [0.29, 0.717) is 24.8 Å². The molecule has 1 aromatic carbocycles. The smallest absolute Gasteiger partial charge is 0.284 e. The van der Waals surface area contributed by atoms with Crippen molar-refractivity contribution in [1.29, 1.82) is 0 Å². The molecule has 2 aromatic rings. The van der Waals surface area contributed by atoms with Gasteiger partial charge in [-0.3, -0.25) is 9.79 Å². The van der Waals surface area contributed by atoms with Gasteiger partial charge in [0, 0.05) is 13.6 Å². The van der Waals surface area contributed by atoms with Crippen molar-refractivity contribution in [3.05, 3.63) is 59.0 Å². The molecule has 0 bridgehead atoms. The predicted molar refractivity (Wildman–Crippen MR) is 85.4 cm³/mol. The van der Waals surface area contributed by atoms with Gasteiger partial charge >= 0.3 is 0 Å². The number of guanidine groups is 1. The number of amides is 1. The second-order valence-electron chi connectivity index (χ2n) is 4.90. The van der Waals surface area contributed by atoms with Crippen LogP contribution < -0.4 is 16.4 Å². The van der Waals surface area contributed by atoms with Crippen LogP contribution in [0.15, 0.2) is 45.8 Å². The zero-order chi connectivity index (χ0) is 15.9. The molecule has 2 rings (SSSR count). The second kappa shape index (κ2) is 7.31. The van der Waals surface area contributed by atoms with E-state index in [1.807, 2.05) is 0 Å². The zero-order valence-corrected chi connectivity index (χ0v) is 12.7. The van der Waals surface area contributed by atoms with E-state index in [0.717, 1.165) is 0 Å². The first kappa shape index (κ1) is 15.6. The number of nitrogens with one attached hydrogen (secondary N) is 2. The number of benzene rings is 1. The summed E-state index contributed by atoms with van der Waals surface area (Å²) in [5.74, 6) is 0.845. The number of aryl methyl sites for hydroxylation is 1. The Balaban J connectivity index is 1.84. The van der Waals surface area contributed by atoms with E-state index in [1.165, 1.54) is 11.1 Å². The van der Waals surface area contributed by atoms with Crippen molar-refractivity contribution in [1.82, 2.24) is 10.6 Å². The summed E-state index contributed by atoms with van der Waals surface area (Å²) in [4.78, 5) is 15.1. The van der Waals surface area contributed by atoms with Gasteiger partial charge in [0.15, 0.2) is 11.7 Å². The molecule has 0 aliphatic carbocycles. The normalized spacial score (nSPS) is 11.3. The summed E-state index contributed by atoms with van der Waals surface area (Å²) in [6.07, 6.45) is 0. The molecule has 0 saturated heterocycles. The lowest BCUT2D eigenvalue weighted by molar-refractivity contribution is 0.0972. The maximum Gasteiger partial charge on any atom is 0.284 e. The van der Waals surface area contributed by atoms with E-state index >= 15 is 0 Å². The number of hydrogen-bond donors (Lipinski definition) is 3. The van der Waals surface area contributed by atoms with Crippen molar-refractivity contribution in [2.75, 3.05) is 7.05 Å². The maximum absolute atomic E-state index is 11.0. The van der Waals surface area contributed by atoms with Crippen LogP contribution in [0.5, 0.6) is 0 Å². The number of aliphatic imine (C=N–C) groups is 1. The third kappa shape index (κ3) is 4.37. The Kier molecular flexibility index (Phi) is 5.19. The van der Waals surface area contributed by atoms with Crippen molar-refractivity contribution in [2.45, 2.75) is 20.0 Å². The Hall–Kier alpha value is -2.76. The molecular formula is C16H20N4O2. The molecule has 0 spiro atoms. The molecule has 1 amide bonds. The molecule has 6 nitrogen and oxygen atoms in total.